The van der Waals surface area contributed by atoms with Crippen molar-refractivity contribution in [3.8, 4) is 0 Å². The number of rotatable bonds is 5. The zero-order valence-electron chi connectivity index (χ0n) is 18.8. The Bertz CT molecular complexity index is 1070. The molecule has 5 rings (SSSR count). The van der Waals surface area contributed by atoms with Gasteiger partial charge in [0.2, 0.25) is 0 Å². The number of aliphatic imine (C=N–C) groups is 1. The van der Waals surface area contributed by atoms with Gasteiger partial charge in [-0.2, -0.15) is 0 Å². The minimum atomic E-state index is -1.55. The van der Waals surface area contributed by atoms with Gasteiger partial charge in [0.1, 0.15) is 17.8 Å². The Morgan fingerprint density at radius 3 is 2.47 bits per heavy atom. The van der Waals surface area contributed by atoms with E-state index >= 15 is 0 Å². The van der Waals surface area contributed by atoms with Gasteiger partial charge in [0.05, 0.1) is 6.61 Å². The molecule has 8 heteroatoms. The number of carbonyl (C=O) groups is 1. The second-order valence-corrected chi connectivity index (χ2v) is 9.27. The highest BCUT2D eigenvalue weighted by Crippen LogP contribution is 2.40. The number of fused-ring (bicyclic) bond motifs is 2. The fraction of sp³-hybridized carbons (Fsp3) is 0.542. The van der Waals surface area contributed by atoms with Crippen LogP contribution in [0.15, 0.2) is 21.6 Å². The first-order chi connectivity index (χ1) is 15.3. The first-order valence-electron chi connectivity index (χ1n) is 11.4. The molecule has 32 heavy (non-hydrogen) atoms. The lowest BCUT2D eigenvalue weighted by Crippen LogP contribution is -2.42. The molecule has 0 saturated heterocycles. The summed E-state index contributed by atoms with van der Waals surface area (Å²) in [5.41, 5.74) is 3.98. The molecule has 1 aliphatic heterocycles. The summed E-state index contributed by atoms with van der Waals surface area (Å²) in [5, 5.41) is 17.7. The van der Waals surface area contributed by atoms with Crippen molar-refractivity contribution in [1.82, 2.24) is 5.16 Å². The number of aromatic nitrogens is 1. The van der Waals surface area contributed by atoms with E-state index in [-0.39, 0.29) is 30.6 Å². The van der Waals surface area contributed by atoms with Gasteiger partial charge >= 0.3 is 5.97 Å². The predicted molar refractivity (Wildman–Crippen MR) is 118 cm³/mol. The Labute approximate surface area is 187 Å². The number of amidine groups is 1. The van der Waals surface area contributed by atoms with Crippen molar-refractivity contribution in [2.45, 2.75) is 70.5 Å². The van der Waals surface area contributed by atoms with E-state index in [0.29, 0.717) is 0 Å². The van der Waals surface area contributed by atoms with Crippen molar-refractivity contribution in [3.63, 3.8) is 0 Å². The molecular weight excluding hydrogens is 410 g/mol. The van der Waals surface area contributed by atoms with Gasteiger partial charge in [0.25, 0.3) is 11.6 Å². The average molecular weight is 440 g/mol. The lowest BCUT2D eigenvalue weighted by atomic mass is 9.97. The number of aliphatic hydroxyl groups is 1. The van der Waals surface area contributed by atoms with Crippen LogP contribution in [0.5, 0.6) is 0 Å². The number of nitrogens with zero attached hydrogens (tertiary/aromatic N) is 2. The second-order valence-electron chi connectivity index (χ2n) is 9.27. The van der Waals surface area contributed by atoms with Crippen molar-refractivity contribution in [3.05, 3.63) is 45.8 Å². The lowest BCUT2D eigenvalue weighted by Gasteiger charge is -2.24. The smallest absolute Gasteiger partial charge is 0.359 e. The number of esters is 1. The van der Waals surface area contributed by atoms with Crippen LogP contribution in [0, 0.1) is 0 Å². The maximum atomic E-state index is 13.0. The van der Waals surface area contributed by atoms with Crippen molar-refractivity contribution in [2.75, 3.05) is 18.5 Å². The van der Waals surface area contributed by atoms with Gasteiger partial charge in [0.15, 0.2) is 5.76 Å². The van der Waals surface area contributed by atoms with Gasteiger partial charge in [-0.15, -0.1) is 0 Å². The lowest BCUT2D eigenvalue weighted by molar-refractivity contribution is -0.162. The first kappa shape index (κ1) is 21.0. The van der Waals surface area contributed by atoms with Crippen molar-refractivity contribution in [2.24, 2.45) is 4.99 Å². The molecule has 1 aromatic carbocycles. The molecule has 0 bridgehead atoms. The molecule has 2 N–H and O–H groups in total. The highest BCUT2D eigenvalue weighted by Gasteiger charge is 2.52. The van der Waals surface area contributed by atoms with Gasteiger partial charge < -0.3 is 24.4 Å². The molecule has 2 aliphatic carbocycles. The molecule has 0 amide bonds. The van der Waals surface area contributed by atoms with E-state index in [1.54, 1.807) is 20.8 Å². The van der Waals surface area contributed by atoms with Crippen LogP contribution in [0.3, 0.4) is 0 Å². The second kappa shape index (κ2) is 7.62. The molecule has 0 saturated carbocycles. The van der Waals surface area contributed by atoms with Gasteiger partial charge in [-0.05, 0) is 81.5 Å². The van der Waals surface area contributed by atoms with Gasteiger partial charge in [-0.1, -0.05) is 11.2 Å². The van der Waals surface area contributed by atoms with Crippen LogP contribution < -0.4 is 5.32 Å². The van der Waals surface area contributed by atoms with E-state index in [2.05, 4.69) is 21.5 Å². The third kappa shape index (κ3) is 3.37. The third-order valence-corrected chi connectivity index (χ3v) is 6.55. The third-order valence-electron chi connectivity index (χ3n) is 6.55. The quantitative estimate of drug-likeness (QED) is 0.690. The summed E-state index contributed by atoms with van der Waals surface area (Å²) in [6.45, 7) is 5.13. The molecule has 1 aromatic heterocycles. The van der Waals surface area contributed by atoms with Crippen LogP contribution in [-0.4, -0.2) is 35.4 Å². The van der Waals surface area contributed by atoms with E-state index in [9.17, 15) is 9.90 Å². The largest absolute Gasteiger partial charge is 0.463 e. The number of ether oxygens (including phenoxy) is 2. The minimum absolute atomic E-state index is 0.0171. The number of nitrogens with one attached hydrogen (secondary N) is 1. The van der Waals surface area contributed by atoms with E-state index in [0.717, 1.165) is 44.2 Å². The molecule has 1 unspecified atom stereocenters. The van der Waals surface area contributed by atoms with Crippen LogP contribution in [0.2, 0.25) is 0 Å². The number of hydrogen-bond donors (Lipinski definition) is 2. The molecule has 3 aliphatic rings. The Hall–Kier alpha value is -2.87. The van der Waals surface area contributed by atoms with Crippen LogP contribution in [-0.2, 0) is 51.2 Å². The van der Waals surface area contributed by atoms with Crippen molar-refractivity contribution < 1.29 is 23.9 Å². The number of carbonyl (C=O) groups excluding carboxylic acids is 1. The fourth-order valence-electron chi connectivity index (χ4n) is 4.90. The fourth-order valence-corrected chi connectivity index (χ4v) is 4.90. The van der Waals surface area contributed by atoms with Gasteiger partial charge in [-0.25, -0.2) is 9.79 Å². The molecule has 0 spiro atoms. The van der Waals surface area contributed by atoms with Crippen LogP contribution in [0.4, 0.5) is 5.69 Å². The molecule has 2 aromatic rings. The van der Waals surface area contributed by atoms with Crippen molar-refractivity contribution in [1.29, 1.82) is 0 Å². The van der Waals surface area contributed by atoms with Crippen molar-refractivity contribution >= 4 is 17.7 Å². The van der Waals surface area contributed by atoms with Gasteiger partial charge in [0, 0.05) is 11.8 Å². The Morgan fingerprint density at radius 1 is 1.19 bits per heavy atom. The summed E-state index contributed by atoms with van der Waals surface area (Å²) in [6, 6.07) is 4.18. The standard InChI is InChI=1S/C24H29N3O5/c1-4-30-21(28)24(18-12-19(32-27-18)23(2,3)29)13-25-22(31-24)26-20-16-9-5-7-14(16)11-15-8-6-10-17(15)20/h11-12,29H,4-10,13H2,1-3H3,(H,25,26). The zero-order chi connectivity index (χ0) is 22.5. The van der Waals surface area contributed by atoms with Crippen LogP contribution >= 0.6 is 0 Å². The van der Waals surface area contributed by atoms with E-state index < -0.39 is 17.2 Å². The number of benzene rings is 1. The summed E-state index contributed by atoms with van der Waals surface area (Å²) < 4.78 is 16.8. The monoisotopic (exact) mass is 439 g/mol. The summed E-state index contributed by atoms with van der Waals surface area (Å²) in [4.78, 5) is 17.5. The molecule has 170 valence electrons. The van der Waals surface area contributed by atoms with E-state index in [4.69, 9.17) is 14.0 Å². The maximum absolute atomic E-state index is 13.0. The van der Waals surface area contributed by atoms with E-state index in [1.807, 2.05) is 0 Å². The number of anilines is 1. The highest BCUT2D eigenvalue weighted by molar-refractivity contribution is 5.96. The Morgan fingerprint density at radius 2 is 1.88 bits per heavy atom. The Kier molecular flexibility index (Phi) is 5.00. The normalized spacial score (nSPS) is 21.7. The molecular formula is C24H29N3O5. The maximum Gasteiger partial charge on any atom is 0.359 e. The molecule has 1 atom stereocenters. The number of hydrogen-bond acceptors (Lipinski definition) is 8. The van der Waals surface area contributed by atoms with Gasteiger partial charge in [-0.3, -0.25) is 0 Å². The summed E-state index contributed by atoms with van der Waals surface area (Å²) >= 11 is 0. The van der Waals surface area contributed by atoms with E-state index in [1.165, 1.54) is 28.3 Å². The minimum Gasteiger partial charge on any atom is -0.463 e. The summed E-state index contributed by atoms with van der Waals surface area (Å²) in [7, 11) is 0. The summed E-state index contributed by atoms with van der Waals surface area (Å²) in [5.74, 6) is -0.348. The Balaban J connectivity index is 1.47. The first-order valence-corrected chi connectivity index (χ1v) is 11.4. The zero-order valence-corrected chi connectivity index (χ0v) is 18.8. The molecule has 2 heterocycles. The van der Waals surface area contributed by atoms with Crippen LogP contribution in [0.1, 0.15) is 67.3 Å². The predicted octanol–water partition coefficient (Wildman–Crippen LogP) is 3.14. The SMILES string of the molecule is CCOC(=O)C1(c2cc(C(C)(C)O)on2)CN=C(Nc2c3c(cc4c2CCC4)CCC3)O1. The molecule has 0 radical (unpaired) electrons. The van der Waals surface area contributed by atoms with Crippen LogP contribution in [0.25, 0.3) is 0 Å². The highest BCUT2D eigenvalue weighted by atomic mass is 16.6. The summed E-state index contributed by atoms with van der Waals surface area (Å²) in [6.07, 6.45) is 6.53. The average Bonchev–Trinajstić information content (AvgIpc) is 3.52. The molecule has 8 nitrogen and oxygen atoms in total. The molecule has 0 fully saturated rings. The number of aryl methyl sites for hydroxylation is 2. The topological polar surface area (TPSA) is 106 Å².